The van der Waals surface area contributed by atoms with Gasteiger partial charge in [-0.2, -0.15) is 0 Å². The van der Waals surface area contributed by atoms with Crippen LogP contribution < -0.4 is 0 Å². The summed E-state index contributed by atoms with van der Waals surface area (Å²) in [6.45, 7) is 4.34. The van der Waals surface area contributed by atoms with Crippen molar-refractivity contribution >= 4 is 39.5 Å². The summed E-state index contributed by atoms with van der Waals surface area (Å²) in [6.07, 6.45) is 89.4. The molecule has 5 atom stereocenters. The van der Waals surface area contributed by atoms with Crippen LogP contribution in [0.4, 0.5) is 0 Å². The molecule has 0 aromatic heterocycles. The molecular weight excluding hydrogens is 1350 g/mol. The first kappa shape index (κ1) is 98.4. The van der Waals surface area contributed by atoms with E-state index in [1.807, 2.05) is 18.2 Å². The summed E-state index contributed by atoms with van der Waals surface area (Å²) >= 11 is 0. The minimum absolute atomic E-state index is 0.0510. The van der Waals surface area contributed by atoms with Gasteiger partial charge in [-0.15, -0.1) is 0 Å². The summed E-state index contributed by atoms with van der Waals surface area (Å²) in [5, 5.41) is 10.6. The first-order valence-corrected chi connectivity index (χ1v) is 42.4. The molecule has 590 valence electrons. The van der Waals surface area contributed by atoms with Crippen molar-refractivity contribution in [1.82, 2.24) is 0 Å². The van der Waals surface area contributed by atoms with Gasteiger partial charge in [0.15, 0.2) is 12.2 Å². The summed E-state index contributed by atoms with van der Waals surface area (Å²) in [4.78, 5) is 72.9. The van der Waals surface area contributed by atoms with Crippen LogP contribution in [0.2, 0.25) is 0 Å². The van der Waals surface area contributed by atoms with E-state index in [-0.39, 0.29) is 25.7 Å². The van der Waals surface area contributed by atoms with Crippen molar-refractivity contribution < 1.29 is 80.2 Å². The lowest BCUT2D eigenvalue weighted by molar-refractivity contribution is -0.161. The number of rotatable bonds is 72. The summed E-state index contributed by atoms with van der Waals surface area (Å²) in [5.74, 6) is -2.40. The molecule has 0 aliphatic heterocycles. The fraction of sp³-hybridized carbons (Fsp3) is 0.624. The number of phosphoric acid groups is 2. The monoisotopic (exact) mass is 1490 g/mol. The van der Waals surface area contributed by atoms with E-state index in [1.165, 1.54) is 51.4 Å². The van der Waals surface area contributed by atoms with Gasteiger partial charge in [-0.05, 0) is 135 Å². The molecule has 3 N–H and O–H groups in total. The predicted octanol–water partition coefficient (Wildman–Crippen LogP) is 23.0. The molecule has 0 rings (SSSR count). The number of unbranched alkanes of at least 4 members (excludes halogenated alkanes) is 19. The number of aliphatic hydroxyl groups is 1. The van der Waals surface area contributed by atoms with Gasteiger partial charge in [-0.3, -0.25) is 37.3 Å². The molecule has 0 aliphatic rings. The number of carbonyl (C=O) groups excluding carboxylic acids is 4. The van der Waals surface area contributed by atoms with Crippen LogP contribution in [0.25, 0.3) is 0 Å². The first-order chi connectivity index (χ1) is 50.7. The first-order valence-electron chi connectivity index (χ1n) is 39.4. The topological polar surface area (TPSA) is 237 Å². The lowest BCUT2D eigenvalue weighted by Crippen LogP contribution is -2.30. The number of aliphatic hydroxyl groups excluding tert-OH is 1. The summed E-state index contributed by atoms with van der Waals surface area (Å²) < 4.78 is 68.4. The molecule has 0 bridgehead atoms. The maximum atomic E-state index is 13.1. The molecule has 0 heterocycles. The number of carbonyl (C=O) groups is 4. The highest BCUT2D eigenvalue weighted by Crippen LogP contribution is 2.45. The Morgan fingerprint density at radius 2 is 0.538 bits per heavy atom. The van der Waals surface area contributed by atoms with Crippen LogP contribution in [0.3, 0.4) is 0 Å². The molecule has 0 saturated carbocycles. The predicted molar refractivity (Wildman–Crippen MR) is 426 cm³/mol. The standard InChI is InChI=1S/C85H138O17P2/c1-5-9-13-17-21-25-29-33-36-38-39-41-43-47-50-54-58-62-66-70-83(88)96-76-81(102-85(90)72-68-64-60-56-52-48-44-40-37-34-30-26-22-18-14-10-6-2)78-100-104(93,94)98-74-79(86)73-97-103(91,92)99-77-80(101-84(89)71-67-63-59-55-51-45-32-28-24-20-16-12-8-4)75-95-82(87)69-65-61-57-53-49-46-42-35-31-27-23-19-15-11-7-3/h9-11,13-15,21-23,25-27,33-37,39,41-42,44,47-50,53,61,65,79-81,86H,5-8,12,16-20,24,28-32,38,40,43,45-46,51-52,54-60,62-64,66-78H2,1-4H3,(H,91,92)(H,93,94)/b13-9-,14-10-,15-11-,25-21-,26-22-,27-23-,36-33-,37-34-,41-39-,42-35-,48-44-,50-47-,53-49-,65-61-. The lowest BCUT2D eigenvalue weighted by Gasteiger charge is -2.21. The molecular formula is C85H138O17P2. The molecule has 19 heteroatoms. The van der Waals surface area contributed by atoms with Gasteiger partial charge in [0.2, 0.25) is 0 Å². The highest BCUT2D eigenvalue weighted by molar-refractivity contribution is 7.47. The Bertz CT molecular complexity index is 2640. The Labute approximate surface area is 629 Å². The molecule has 0 saturated heterocycles. The molecule has 17 nitrogen and oxygen atoms in total. The van der Waals surface area contributed by atoms with E-state index in [0.29, 0.717) is 25.7 Å². The Morgan fingerprint density at radius 1 is 0.288 bits per heavy atom. The van der Waals surface area contributed by atoms with E-state index in [4.69, 9.17) is 37.0 Å². The van der Waals surface area contributed by atoms with E-state index in [0.717, 1.165) is 154 Å². The van der Waals surface area contributed by atoms with Crippen molar-refractivity contribution in [3.05, 3.63) is 170 Å². The van der Waals surface area contributed by atoms with Gasteiger partial charge in [-0.1, -0.05) is 294 Å². The van der Waals surface area contributed by atoms with Crippen LogP contribution in [-0.2, 0) is 65.4 Å². The van der Waals surface area contributed by atoms with E-state index in [2.05, 4.69) is 174 Å². The van der Waals surface area contributed by atoms with Crippen LogP contribution in [-0.4, -0.2) is 96.7 Å². The number of phosphoric ester groups is 2. The van der Waals surface area contributed by atoms with Crippen LogP contribution in [0.15, 0.2) is 170 Å². The summed E-state index contributed by atoms with van der Waals surface area (Å²) in [5.41, 5.74) is 0. The molecule has 5 unspecified atom stereocenters. The van der Waals surface area contributed by atoms with Crippen molar-refractivity contribution in [1.29, 1.82) is 0 Å². The van der Waals surface area contributed by atoms with Gasteiger partial charge in [-0.25, -0.2) is 9.13 Å². The molecule has 0 aliphatic carbocycles. The second-order valence-corrected chi connectivity index (χ2v) is 28.4. The van der Waals surface area contributed by atoms with Crippen molar-refractivity contribution in [2.45, 2.75) is 303 Å². The van der Waals surface area contributed by atoms with E-state index in [9.17, 15) is 43.2 Å². The molecule has 0 spiro atoms. The fourth-order valence-corrected chi connectivity index (χ4v) is 11.4. The Balaban J connectivity index is 5.49. The zero-order chi connectivity index (χ0) is 76.0. The summed E-state index contributed by atoms with van der Waals surface area (Å²) in [7, 11) is -10.0. The third kappa shape index (κ3) is 74.7. The zero-order valence-electron chi connectivity index (χ0n) is 64.4. The van der Waals surface area contributed by atoms with Gasteiger partial charge in [0.1, 0.15) is 19.3 Å². The van der Waals surface area contributed by atoms with Crippen molar-refractivity contribution in [3.8, 4) is 0 Å². The van der Waals surface area contributed by atoms with Crippen molar-refractivity contribution in [2.75, 3.05) is 39.6 Å². The minimum Gasteiger partial charge on any atom is -0.462 e. The third-order valence-electron chi connectivity index (χ3n) is 15.7. The van der Waals surface area contributed by atoms with Crippen LogP contribution >= 0.6 is 15.6 Å². The quantitative estimate of drug-likeness (QED) is 0.0169. The van der Waals surface area contributed by atoms with E-state index < -0.39 is 97.5 Å². The Hall–Kier alpha value is -5.58. The van der Waals surface area contributed by atoms with Gasteiger partial charge in [0, 0.05) is 19.3 Å². The van der Waals surface area contributed by atoms with Crippen LogP contribution in [0.5, 0.6) is 0 Å². The SMILES string of the molecule is CC/C=C\C/C=C\C/C=C\C/C=C\C/C=C\CCCCCC(=O)OCC(COP(=O)(O)OCC(O)COP(=O)(O)OCC(COC(=O)C/C=C\C/C=C\C/C=C\C/C=C\C/C=C\CC)OC(=O)CCCCCCCCCCCCCCC)OC(=O)CCCCCC/C=C\C/C=C\C/C=C\C/C=C\CC. The van der Waals surface area contributed by atoms with E-state index >= 15 is 0 Å². The number of esters is 4. The largest absolute Gasteiger partial charge is 0.472 e. The maximum Gasteiger partial charge on any atom is 0.472 e. The number of hydrogen-bond donors (Lipinski definition) is 3. The smallest absolute Gasteiger partial charge is 0.462 e. The molecule has 104 heavy (non-hydrogen) atoms. The summed E-state index contributed by atoms with van der Waals surface area (Å²) in [6, 6.07) is 0. The molecule has 0 amide bonds. The van der Waals surface area contributed by atoms with Crippen molar-refractivity contribution in [2.24, 2.45) is 0 Å². The average Bonchev–Trinajstić information content (AvgIpc) is 0.911. The fourth-order valence-electron chi connectivity index (χ4n) is 9.84. The van der Waals surface area contributed by atoms with Gasteiger partial charge >= 0.3 is 39.5 Å². The molecule has 0 aromatic rings. The van der Waals surface area contributed by atoms with Crippen LogP contribution in [0.1, 0.15) is 285 Å². The second-order valence-electron chi connectivity index (χ2n) is 25.5. The minimum atomic E-state index is -5.01. The second kappa shape index (κ2) is 75.6. The molecule has 0 fully saturated rings. The molecule has 0 radical (unpaired) electrons. The maximum absolute atomic E-state index is 13.1. The van der Waals surface area contributed by atoms with Gasteiger partial charge < -0.3 is 33.8 Å². The van der Waals surface area contributed by atoms with Crippen LogP contribution in [0, 0.1) is 0 Å². The molecule has 0 aromatic carbocycles. The highest BCUT2D eigenvalue weighted by Gasteiger charge is 2.30. The number of allylic oxidation sites excluding steroid dienone is 27. The Morgan fingerprint density at radius 3 is 0.865 bits per heavy atom. The number of ether oxygens (including phenoxy) is 4. The van der Waals surface area contributed by atoms with Gasteiger partial charge in [0.05, 0.1) is 32.8 Å². The van der Waals surface area contributed by atoms with Crippen molar-refractivity contribution in [3.63, 3.8) is 0 Å². The normalized spacial score (nSPS) is 14.8. The Kier molecular flexibility index (Phi) is 71.6. The van der Waals surface area contributed by atoms with Gasteiger partial charge in [0.25, 0.3) is 0 Å². The lowest BCUT2D eigenvalue weighted by atomic mass is 10.0. The highest BCUT2D eigenvalue weighted by atomic mass is 31.2. The third-order valence-corrected chi connectivity index (χ3v) is 17.6. The number of hydrogen-bond acceptors (Lipinski definition) is 15. The van der Waals surface area contributed by atoms with E-state index in [1.54, 1.807) is 6.08 Å². The average molecular weight is 1490 g/mol. The zero-order valence-corrected chi connectivity index (χ0v) is 66.2.